The second-order valence-electron chi connectivity index (χ2n) is 5.54. The first-order chi connectivity index (χ1) is 13.1. The number of thiocarbonyl (C=S) groups is 1. The zero-order valence-electron chi connectivity index (χ0n) is 14.2. The van der Waals surface area contributed by atoms with Crippen molar-refractivity contribution in [1.29, 1.82) is 0 Å². The Morgan fingerprint density at radius 3 is 2.48 bits per heavy atom. The molecular weight excluding hydrogens is 360 g/mol. The number of nitrogens with one attached hydrogen (secondary N) is 3. The lowest BCUT2D eigenvalue weighted by molar-refractivity contribution is -0.115. The van der Waals surface area contributed by atoms with Crippen molar-refractivity contribution in [2.24, 2.45) is 0 Å². The number of carbonyl (C=O) groups excluding carboxylic acids is 2. The molecule has 2 amide bonds. The Labute approximate surface area is 161 Å². The summed E-state index contributed by atoms with van der Waals surface area (Å²) in [4.78, 5) is 27.7. The Balaban J connectivity index is 1.55. The van der Waals surface area contributed by atoms with Gasteiger partial charge in [0.2, 0.25) is 5.91 Å². The molecule has 1 aromatic heterocycles. The minimum atomic E-state index is -0.404. The lowest BCUT2D eigenvalue weighted by atomic mass is 10.0. The standard InChI is InChI=1S/C20H16N4O2S/c25-18(9-8-15-6-3-5-14-4-1-2-7-17(14)15)22-20(27)24-23-19(26)16-10-12-21-13-11-16/h1-13H,(H,23,26)(H2,22,24,25,27). The van der Waals surface area contributed by atoms with Crippen molar-refractivity contribution in [3.63, 3.8) is 0 Å². The first-order valence-corrected chi connectivity index (χ1v) is 8.51. The predicted molar refractivity (Wildman–Crippen MR) is 109 cm³/mol. The number of carbonyl (C=O) groups is 2. The van der Waals surface area contributed by atoms with Gasteiger partial charge in [0, 0.05) is 24.0 Å². The quantitative estimate of drug-likeness (QED) is 0.372. The molecular formula is C20H16N4O2S. The van der Waals surface area contributed by atoms with Gasteiger partial charge in [-0.15, -0.1) is 0 Å². The molecule has 3 rings (SSSR count). The topological polar surface area (TPSA) is 83.1 Å². The van der Waals surface area contributed by atoms with Crippen LogP contribution in [0.2, 0.25) is 0 Å². The molecule has 0 saturated carbocycles. The Bertz CT molecular complexity index is 1010. The van der Waals surface area contributed by atoms with Crippen LogP contribution >= 0.6 is 12.2 Å². The molecule has 0 radical (unpaired) electrons. The third-order valence-electron chi connectivity index (χ3n) is 3.71. The molecule has 0 bridgehead atoms. The van der Waals surface area contributed by atoms with Gasteiger partial charge in [0.15, 0.2) is 5.11 Å². The third-order valence-corrected chi connectivity index (χ3v) is 3.91. The summed E-state index contributed by atoms with van der Waals surface area (Å²) in [6.45, 7) is 0. The van der Waals surface area contributed by atoms with Crippen LogP contribution in [0, 0.1) is 0 Å². The number of amides is 2. The Kier molecular flexibility index (Phi) is 5.86. The van der Waals surface area contributed by atoms with E-state index in [1.807, 2.05) is 42.5 Å². The smallest absolute Gasteiger partial charge is 0.269 e. The summed E-state index contributed by atoms with van der Waals surface area (Å²) in [5, 5.41) is 4.61. The van der Waals surface area contributed by atoms with Crippen LogP contribution in [0.4, 0.5) is 0 Å². The van der Waals surface area contributed by atoms with Gasteiger partial charge in [0.05, 0.1) is 0 Å². The fourth-order valence-electron chi connectivity index (χ4n) is 2.44. The number of nitrogens with zero attached hydrogens (tertiary/aromatic N) is 1. The van der Waals surface area contributed by atoms with Gasteiger partial charge in [-0.1, -0.05) is 42.5 Å². The first kappa shape index (κ1) is 18.2. The number of benzene rings is 2. The Hall–Kier alpha value is -3.58. The number of hydrogen-bond donors (Lipinski definition) is 3. The van der Waals surface area contributed by atoms with E-state index in [1.165, 1.54) is 18.5 Å². The van der Waals surface area contributed by atoms with Crippen molar-refractivity contribution in [2.75, 3.05) is 0 Å². The maximum Gasteiger partial charge on any atom is 0.269 e. The van der Waals surface area contributed by atoms with Crippen molar-refractivity contribution < 1.29 is 9.59 Å². The number of fused-ring (bicyclic) bond motifs is 1. The fraction of sp³-hybridized carbons (Fsp3) is 0. The van der Waals surface area contributed by atoms with Gasteiger partial charge in [-0.25, -0.2) is 0 Å². The highest BCUT2D eigenvalue weighted by molar-refractivity contribution is 7.80. The molecule has 0 unspecified atom stereocenters. The molecule has 0 fully saturated rings. The van der Waals surface area contributed by atoms with Gasteiger partial charge in [-0.05, 0) is 46.8 Å². The summed E-state index contributed by atoms with van der Waals surface area (Å²) in [7, 11) is 0. The molecule has 0 aliphatic heterocycles. The van der Waals surface area contributed by atoms with E-state index < -0.39 is 5.91 Å². The molecule has 0 atom stereocenters. The number of hydrogen-bond acceptors (Lipinski definition) is 4. The summed E-state index contributed by atoms with van der Waals surface area (Å²) in [5.41, 5.74) is 6.23. The van der Waals surface area contributed by atoms with Gasteiger partial charge in [0.1, 0.15) is 0 Å². The average Bonchev–Trinajstić information content (AvgIpc) is 2.71. The molecule has 0 spiro atoms. The summed E-state index contributed by atoms with van der Waals surface area (Å²) in [6.07, 6.45) is 6.12. The van der Waals surface area contributed by atoms with Crippen LogP contribution in [0.15, 0.2) is 73.1 Å². The SMILES string of the molecule is O=C(C=Cc1cccc2ccccc12)NC(=S)NNC(=O)c1ccncc1. The first-order valence-electron chi connectivity index (χ1n) is 8.10. The zero-order valence-corrected chi connectivity index (χ0v) is 15.0. The predicted octanol–water partition coefficient (Wildman–Crippen LogP) is 2.58. The average molecular weight is 376 g/mol. The molecule has 6 nitrogen and oxygen atoms in total. The third kappa shape index (κ3) is 4.96. The monoisotopic (exact) mass is 376 g/mol. The van der Waals surface area contributed by atoms with Crippen molar-refractivity contribution in [3.05, 3.63) is 84.2 Å². The van der Waals surface area contributed by atoms with Crippen molar-refractivity contribution in [3.8, 4) is 0 Å². The highest BCUT2D eigenvalue weighted by Crippen LogP contribution is 2.19. The molecule has 2 aromatic carbocycles. The fourth-order valence-corrected chi connectivity index (χ4v) is 2.59. The van der Waals surface area contributed by atoms with Gasteiger partial charge in [-0.3, -0.25) is 30.7 Å². The van der Waals surface area contributed by atoms with Crippen LogP contribution in [0.1, 0.15) is 15.9 Å². The summed E-state index contributed by atoms with van der Waals surface area (Å²) in [5.74, 6) is -0.793. The lowest BCUT2D eigenvalue weighted by Gasteiger charge is -2.09. The van der Waals surface area contributed by atoms with E-state index in [9.17, 15) is 9.59 Å². The molecule has 0 aliphatic carbocycles. The maximum absolute atomic E-state index is 12.0. The molecule has 3 aromatic rings. The number of pyridine rings is 1. The molecule has 3 N–H and O–H groups in total. The molecule has 27 heavy (non-hydrogen) atoms. The van der Waals surface area contributed by atoms with Crippen LogP contribution in [0.25, 0.3) is 16.8 Å². The van der Waals surface area contributed by atoms with Crippen LogP contribution in [-0.4, -0.2) is 21.9 Å². The van der Waals surface area contributed by atoms with Crippen LogP contribution in [0.3, 0.4) is 0 Å². The van der Waals surface area contributed by atoms with Gasteiger partial charge in [-0.2, -0.15) is 0 Å². The van der Waals surface area contributed by atoms with Crippen LogP contribution < -0.4 is 16.2 Å². The maximum atomic E-state index is 12.0. The minimum absolute atomic E-state index is 0.00928. The van der Waals surface area contributed by atoms with Gasteiger partial charge < -0.3 is 0 Å². The molecule has 7 heteroatoms. The largest absolute Gasteiger partial charge is 0.298 e. The second kappa shape index (κ2) is 8.68. The van der Waals surface area contributed by atoms with Crippen LogP contribution in [0.5, 0.6) is 0 Å². The van der Waals surface area contributed by atoms with E-state index in [4.69, 9.17) is 12.2 Å². The Morgan fingerprint density at radius 1 is 0.926 bits per heavy atom. The Morgan fingerprint density at radius 2 is 1.67 bits per heavy atom. The number of hydrazine groups is 1. The van der Waals surface area contributed by atoms with Crippen molar-refractivity contribution >= 4 is 46.0 Å². The van der Waals surface area contributed by atoms with E-state index in [1.54, 1.807) is 18.2 Å². The van der Waals surface area contributed by atoms with E-state index >= 15 is 0 Å². The highest BCUT2D eigenvalue weighted by atomic mass is 32.1. The van der Waals surface area contributed by atoms with Crippen LogP contribution in [-0.2, 0) is 4.79 Å². The summed E-state index contributed by atoms with van der Waals surface area (Å²) >= 11 is 5.00. The summed E-state index contributed by atoms with van der Waals surface area (Å²) in [6, 6.07) is 16.9. The van der Waals surface area contributed by atoms with E-state index in [0.717, 1.165) is 16.3 Å². The molecule has 0 saturated heterocycles. The number of aromatic nitrogens is 1. The number of rotatable bonds is 3. The molecule has 0 aliphatic rings. The normalized spacial score (nSPS) is 10.5. The van der Waals surface area contributed by atoms with Crippen molar-refractivity contribution in [1.82, 2.24) is 21.2 Å². The van der Waals surface area contributed by atoms with Gasteiger partial charge >= 0.3 is 0 Å². The zero-order chi connectivity index (χ0) is 19.1. The van der Waals surface area contributed by atoms with E-state index in [0.29, 0.717) is 5.56 Å². The minimum Gasteiger partial charge on any atom is -0.298 e. The molecule has 1 heterocycles. The van der Waals surface area contributed by atoms with E-state index in [2.05, 4.69) is 21.2 Å². The van der Waals surface area contributed by atoms with Crippen molar-refractivity contribution in [2.45, 2.75) is 0 Å². The summed E-state index contributed by atoms with van der Waals surface area (Å²) < 4.78 is 0. The molecule has 134 valence electrons. The highest BCUT2D eigenvalue weighted by Gasteiger charge is 2.06. The lowest BCUT2D eigenvalue weighted by Crippen LogP contribution is -2.48. The van der Waals surface area contributed by atoms with E-state index in [-0.39, 0.29) is 11.0 Å². The second-order valence-corrected chi connectivity index (χ2v) is 5.94. The van der Waals surface area contributed by atoms with Gasteiger partial charge in [0.25, 0.3) is 5.91 Å².